The number of carbonyl (C=O) groups excluding carboxylic acids is 1. The normalized spacial score (nSPS) is 30.4. The van der Waals surface area contributed by atoms with Crippen LogP contribution >= 0.6 is 11.8 Å². The Morgan fingerprint density at radius 1 is 2.00 bits per heavy atom. The van der Waals surface area contributed by atoms with Crippen LogP contribution in [0.5, 0.6) is 0 Å². The largest absolute Gasteiger partial charge is 0.365 e. The van der Waals surface area contributed by atoms with Crippen LogP contribution in [-0.2, 0) is 4.79 Å². The highest BCUT2D eigenvalue weighted by atomic mass is 32.2. The first-order chi connectivity index (χ1) is 3.29. The molecule has 1 fully saturated rings. The molecule has 1 saturated heterocycles. The van der Waals surface area contributed by atoms with Gasteiger partial charge < -0.3 is 10.4 Å². The van der Waals surface area contributed by atoms with E-state index in [-0.39, 0.29) is 5.91 Å². The lowest BCUT2D eigenvalue weighted by molar-refractivity contribution is -0.117. The Labute approximate surface area is 45.1 Å². The Morgan fingerprint density at radius 3 is 2.86 bits per heavy atom. The fourth-order valence-electron chi connectivity index (χ4n) is 0.280. The summed E-state index contributed by atoms with van der Waals surface area (Å²) in [5.74, 6) is 1.95. The lowest BCUT2D eigenvalue weighted by atomic mass is 10.7. The van der Waals surface area contributed by atoms with E-state index in [4.69, 9.17) is 5.11 Å². The smallest absolute Gasteiger partial charge is 0.243 e. The van der Waals surface area contributed by atoms with Crippen LogP contribution in [0.1, 0.15) is 0 Å². The second-order valence-electron chi connectivity index (χ2n) is 1.05. The monoisotopic (exact) mass is 117 g/mol. The van der Waals surface area contributed by atoms with Crippen LogP contribution in [0.25, 0.3) is 0 Å². The van der Waals surface area contributed by atoms with Crippen molar-refractivity contribution >= 4 is 17.7 Å². The van der Waals surface area contributed by atoms with E-state index in [1.807, 2.05) is 0 Å². The summed E-state index contributed by atoms with van der Waals surface area (Å²) in [6.07, 6.45) is 0. The van der Waals surface area contributed by atoms with Gasteiger partial charge in [0.15, 0.2) is 5.56 Å². The molecule has 2 N–H and O–H groups in total. The number of carbonyl (C=O) groups is 1. The van der Waals surface area contributed by atoms with E-state index in [2.05, 4.69) is 11.1 Å². The molecule has 1 aliphatic heterocycles. The van der Waals surface area contributed by atoms with Crippen LogP contribution < -0.4 is 5.32 Å². The number of nitrogens with one attached hydrogen (secondary N) is 1. The van der Waals surface area contributed by atoms with Crippen molar-refractivity contribution < 1.29 is 9.90 Å². The molecule has 3 nitrogen and oxygen atoms in total. The van der Waals surface area contributed by atoms with Crippen LogP contribution in [0.3, 0.4) is 0 Å². The second kappa shape index (κ2) is 1.71. The van der Waals surface area contributed by atoms with Gasteiger partial charge in [-0.15, -0.1) is 0 Å². The molecule has 0 aromatic heterocycles. The van der Waals surface area contributed by atoms with Gasteiger partial charge >= 0.3 is 0 Å². The Kier molecular flexibility index (Phi) is 1.21. The quantitative estimate of drug-likeness (QED) is 0.435. The molecule has 0 aliphatic carbocycles. The minimum atomic E-state index is -0.771. The molecule has 0 saturated carbocycles. The molecule has 4 heteroatoms. The Bertz CT molecular complexity index is 94.9. The SMILES string of the molecule is O=C1[C]SC(O)N1. The summed E-state index contributed by atoms with van der Waals surface area (Å²) < 4.78 is 0. The molecular weight excluding hydrogens is 114 g/mol. The molecule has 1 atom stereocenters. The van der Waals surface area contributed by atoms with Gasteiger partial charge in [0.25, 0.3) is 0 Å². The molecule has 1 rings (SSSR count). The summed E-state index contributed by atoms with van der Waals surface area (Å²) in [6.45, 7) is 0. The van der Waals surface area contributed by atoms with Gasteiger partial charge in [0, 0.05) is 0 Å². The van der Waals surface area contributed by atoms with Gasteiger partial charge in [-0.2, -0.15) is 0 Å². The van der Waals surface area contributed by atoms with Crippen LogP contribution in [0.2, 0.25) is 0 Å². The third kappa shape index (κ3) is 1.07. The fraction of sp³-hybridized carbons (Fsp3) is 0.333. The van der Waals surface area contributed by atoms with Gasteiger partial charge in [0.2, 0.25) is 5.91 Å². The van der Waals surface area contributed by atoms with E-state index < -0.39 is 5.56 Å². The summed E-state index contributed by atoms with van der Waals surface area (Å²) in [7, 11) is 0. The van der Waals surface area contributed by atoms with E-state index in [1.165, 1.54) is 0 Å². The fourth-order valence-corrected chi connectivity index (χ4v) is 0.724. The predicted octanol–water partition coefficient (Wildman–Crippen LogP) is -0.836. The van der Waals surface area contributed by atoms with E-state index in [1.54, 1.807) is 0 Å². The molecule has 7 heavy (non-hydrogen) atoms. The third-order valence-electron chi connectivity index (χ3n) is 0.518. The van der Waals surface area contributed by atoms with Crippen LogP contribution in [0.15, 0.2) is 0 Å². The molecule has 1 aliphatic rings. The van der Waals surface area contributed by atoms with E-state index in [9.17, 15) is 4.79 Å². The maximum absolute atomic E-state index is 10.1. The molecule has 1 heterocycles. The third-order valence-corrected chi connectivity index (χ3v) is 1.16. The Hall–Kier alpha value is -0.220. The van der Waals surface area contributed by atoms with Gasteiger partial charge in [-0.05, 0) is 0 Å². The van der Waals surface area contributed by atoms with Crippen molar-refractivity contribution in [1.29, 1.82) is 0 Å². The molecule has 0 spiro atoms. The van der Waals surface area contributed by atoms with Gasteiger partial charge in [0.1, 0.15) is 5.75 Å². The molecule has 1 unspecified atom stereocenters. The van der Waals surface area contributed by atoms with E-state index in [0.29, 0.717) is 0 Å². The van der Waals surface area contributed by atoms with E-state index in [0.717, 1.165) is 11.8 Å². The predicted molar refractivity (Wildman–Crippen MR) is 25.0 cm³/mol. The zero-order valence-corrected chi connectivity index (χ0v) is 4.16. The van der Waals surface area contributed by atoms with Crippen molar-refractivity contribution in [3.8, 4) is 0 Å². The first-order valence-electron chi connectivity index (χ1n) is 1.69. The number of amides is 1. The Morgan fingerprint density at radius 2 is 2.71 bits per heavy atom. The first kappa shape index (κ1) is 4.93. The minimum Gasteiger partial charge on any atom is -0.365 e. The molecule has 38 valence electrons. The second-order valence-corrected chi connectivity index (χ2v) is 1.93. The number of thioether (sulfide) groups is 1. The first-order valence-corrected chi connectivity index (χ1v) is 2.57. The molecule has 0 bridgehead atoms. The molecular formula is C3H3NO2S. The van der Waals surface area contributed by atoms with Crippen LogP contribution in [0.4, 0.5) is 0 Å². The van der Waals surface area contributed by atoms with E-state index >= 15 is 0 Å². The summed E-state index contributed by atoms with van der Waals surface area (Å²) >= 11 is 0.950. The van der Waals surface area contributed by atoms with Crippen LogP contribution in [0, 0.1) is 5.75 Å². The Balaban J connectivity index is 2.40. The van der Waals surface area contributed by atoms with Crippen molar-refractivity contribution in [2.24, 2.45) is 0 Å². The maximum atomic E-state index is 10.1. The number of aliphatic hydroxyl groups excluding tert-OH is 1. The minimum absolute atomic E-state index is 0.336. The van der Waals surface area contributed by atoms with Gasteiger partial charge in [-0.25, -0.2) is 0 Å². The average Bonchev–Trinajstić information content (AvgIpc) is 1.87. The molecule has 2 radical (unpaired) electrons. The highest BCUT2D eigenvalue weighted by molar-refractivity contribution is 8.02. The average molecular weight is 117 g/mol. The van der Waals surface area contributed by atoms with Gasteiger partial charge in [-0.1, -0.05) is 11.8 Å². The topological polar surface area (TPSA) is 49.3 Å². The highest BCUT2D eigenvalue weighted by Crippen LogP contribution is 2.15. The molecule has 1 amide bonds. The van der Waals surface area contributed by atoms with Crippen LogP contribution in [-0.4, -0.2) is 16.6 Å². The summed E-state index contributed by atoms with van der Waals surface area (Å²) in [5.41, 5.74) is -0.771. The zero-order chi connectivity index (χ0) is 5.28. The molecule has 0 aromatic carbocycles. The number of aliphatic hydroxyl groups is 1. The maximum Gasteiger partial charge on any atom is 0.243 e. The van der Waals surface area contributed by atoms with Crippen molar-refractivity contribution in [3.05, 3.63) is 5.75 Å². The standard InChI is InChI=1S/C3H3NO2S/c5-2-1-7-3(6)4-2/h3,6H,(H,4,5). The van der Waals surface area contributed by atoms with Crippen molar-refractivity contribution in [1.82, 2.24) is 5.32 Å². The highest BCUT2D eigenvalue weighted by Gasteiger charge is 2.18. The van der Waals surface area contributed by atoms with Gasteiger partial charge in [0.05, 0.1) is 0 Å². The summed E-state index contributed by atoms with van der Waals surface area (Å²) in [5, 5.41) is 10.7. The van der Waals surface area contributed by atoms with Crippen molar-refractivity contribution in [2.75, 3.05) is 0 Å². The molecule has 0 aromatic rings. The number of hydrogen-bond acceptors (Lipinski definition) is 3. The lowest BCUT2D eigenvalue weighted by Crippen LogP contribution is -2.22. The van der Waals surface area contributed by atoms with Gasteiger partial charge in [-0.3, -0.25) is 4.79 Å². The van der Waals surface area contributed by atoms with Crippen molar-refractivity contribution in [2.45, 2.75) is 5.56 Å². The van der Waals surface area contributed by atoms with Crippen molar-refractivity contribution in [3.63, 3.8) is 0 Å². The summed E-state index contributed by atoms with van der Waals surface area (Å²) in [6, 6.07) is 0. The lowest BCUT2D eigenvalue weighted by Gasteiger charge is -1.93. The summed E-state index contributed by atoms with van der Waals surface area (Å²) in [4.78, 5) is 10.1. The number of hydrogen-bond donors (Lipinski definition) is 2. The number of rotatable bonds is 0. The zero-order valence-electron chi connectivity index (χ0n) is 3.34.